The predicted molar refractivity (Wildman–Crippen MR) is 119 cm³/mol. The molecule has 0 bridgehead atoms. The summed E-state index contributed by atoms with van der Waals surface area (Å²) in [6.45, 7) is 3.73. The highest BCUT2D eigenvalue weighted by Gasteiger charge is 2.14. The van der Waals surface area contributed by atoms with Crippen molar-refractivity contribution in [3.63, 3.8) is 0 Å². The lowest BCUT2D eigenvalue weighted by atomic mass is 10.1. The van der Waals surface area contributed by atoms with Crippen LogP contribution >= 0.6 is 0 Å². The first-order valence-corrected chi connectivity index (χ1v) is 9.54. The van der Waals surface area contributed by atoms with E-state index in [0.29, 0.717) is 22.4 Å². The fourth-order valence-corrected chi connectivity index (χ4v) is 2.84. The van der Waals surface area contributed by atoms with Gasteiger partial charge < -0.3 is 23.9 Å². The summed E-state index contributed by atoms with van der Waals surface area (Å²) in [5.41, 5.74) is -0.0198. The molecular formula is C24H21NO7. The van der Waals surface area contributed by atoms with E-state index in [1.165, 1.54) is 44.6 Å². The lowest BCUT2D eigenvalue weighted by Gasteiger charge is -2.07. The van der Waals surface area contributed by atoms with Crippen LogP contribution in [0.3, 0.4) is 0 Å². The Kier molecular flexibility index (Phi) is 7.07. The first-order valence-electron chi connectivity index (χ1n) is 9.54. The van der Waals surface area contributed by atoms with Gasteiger partial charge in [0.1, 0.15) is 16.9 Å². The van der Waals surface area contributed by atoms with Crippen molar-refractivity contribution in [3.8, 4) is 17.2 Å². The van der Waals surface area contributed by atoms with E-state index in [1.54, 1.807) is 30.3 Å². The van der Waals surface area contributed by atoms with Crippen LogP contribution in [-0.4, -0.2) is 32.6 Å². The van der Waals surface area contributed by atoms with Gasteiger partial charge in [0.25, 0.3) is 5.91 Å². The minimum Gasteiger partial charge on any atom is -0.493 e. The van der Waals surface area contributed by atoms with E-state index in [1.807, 2.05) is 0 Å². The van der Waals surface area contributed by atoms with Crippen molar-refractivity contribution >= 4 is 28.9 Å². The summed E-state index contributed by atoms with van der Waals surface area (Å²) >= 11 is 0. The summed E-state index contributed by atoms with van der Waals surface area (Å²) in [6.07, 6.45) is 4.33. The Morgan fingerprint density at radius 3 is 2.56 bits per heavy atom. The summed E-state index contributed by atoms with van der Waals surface area (Å²) in [5.74, 6) is 0.112. The molecule has 0 saturated heterocycles. The molecule has 0 saturated carbocycles. The lowest BCUT2D eigenvalue weighted by molar-refractivity contribution is -0.128. The van der Waals surface area contributed by atoms with E-state index in [0.717, 1.165) is 0 Å². The third-order valence-electron chi connectivity index (χ3n) is 4.40. The second-order valence-electron chi connectivity index (χ2n) is 6.51. The number of nitrogens with one attached hydrogen (secondary N) is 1. The van der Waals surface area contributed by atoms with Crippen molar-refractivity contribution in [2.24, 2.45) is 0 Å². The Hall–Kier alpha value is -4.33. The largest absolute Gasteiger partial charge is 0.493 e. The number of carbonyl (C=O) groups is 2. The van der Waals surface area contributed by atoms with Gasteiger partial charge in [0.2, 0.25) is 0 Å². The molecule has 32 heavy (non-hydrogen) atoms. The zero-order valence-electron chi connectivity index (χ0n) is 17.5. The highest BCUT2D eigenvalue weighted by atomic mass is 16.5. The maximum atomic E-state index is 12.2. The molecule has 1 N–H and O–H groups in total. The number of carbonyl (C=O) groups excluding carboxylic acids is 2. The number of fused-ring (bicyclic) bond motifs is 1. The van der Waals surface area contributed by atoms with Gasteiger partial charge in [0, 0.05) is 24.1 Å². The van der Waals surface area contributed by atoms with Crippen LogP contribution in [-0.2, 0) is 4.79 Å². The first-order chi connectivity index (χ1) is 15.4. The van der Waals surface area contributed by atoms with Gasteiger partial charge in [-0.2, -0.15) is 0 Å². The van der Waals surface area contributed by atoms with Crippen molar-refractivity contribution < 1.29 is 28.2 Å². The highest BCUT2D eigenvalue weighted by molar-refractivity contribution is 5.97. The second-order valence-corrected chi connectivity index (χ2v) is 6.51. The van der Waals surface area contributed by atoms with Gasteiger partial charge in [0.15, 0.2) is 11.5 Å². The normalized spacial score (nSPS) is 10.7. The second kappa shape index (κ2) is 10.1. The molecule has 0 fully saturated rings. The summed E-state index contributed by atoms with van der Waals surface area (Å²) in [6, 6.07) is 11.2. The number of benzene rings is 2. The molecule has 2 aromatic carbocycles. The van der Waals surface area contributed by atoms with Gasteiger partial charge >= 0.3 is 11.6 Å². The number of amides is 1. The van der Waals surface area contributed by atoms with Crippen molar-refractivity contribution in [3.05, 3.63) is 82.7 Å². The molecule has 0 spiro atoms. The van der Waals surface area contributed by atoms with Gasteiger partial charge in [-0.25, -0.2) is 9.59 Å². The maximum Gasteiger partial charge on any atom is 0.349 e. The molecule has 8 heteroatoms. The topological polar surface area (TPSA) is 104 Å². The molecule has 1 aromatic heterocycles. The highest BCUT2D eigenvalue weighted by Crippen LogP contribution is 2.28. The molecule has 0 radical (unpaired) electrons. The molecular weight excluding hydrogens is 414 g/mol. The zero-order chi connectivity index (χ0) is 23.1. The van der Waals surface area contributed by atoms with Crippen LogP contribution in [0.25, 0.3) is 17.0 Å². The van der Waals surface area contributed by atoms with E-state index in [9.17, 15) is 14.4 Å². The Balaban J connectivity index is 1.75. The smallest absolute Gasteiger partial charge is 0.349 e. The summed E-state index contributed by atoms with van der Waals surface area (Å²) in [5, 5.41) is 3.03. The van der Waals surface area contributed by atoms with Crippen molar-refractivity contribution in [1.29, 1.82) is 0 Å². The van der Waals surface area contributed by atoms with Crippen LogP contribution in [0.1, 0.15) is 15.9 Å². The molecule has 0 aliphatic carbocycles. The lowest BCUT2D eigenvalue weighted by Crippen LogP contribution is -2.28. The third kappa shape index (κ3) is 5.23. The molecule has 8 nitrogen and oxygen atoms in total. The Labute approximate surface area is 183 Å². The molecule has 0 atom stereocenters. The molecule has 3 rings (SSSR count). The number of esters is 1. The quantitative estimate of drug-likeness (QED) is 0.190. The van der Waals surface area contributed by atoms with Crippen LogP contribution in [0.15, 0.2) is 70.4 Å². The van der Waals surface area contributed by atoms with E-state index in [2.05, 4.69) is 11.9 Å². The molecule has 1 amide bonds. The molecule has 0 aliphatic heterocycles. The van der Waals surface area contributed by atoms with E-state index >= 15 is 0 Å². The van der Waals surface area contributed by atoms with Crippen LogP contribution < -0.4 is 25.2 Å². The van der Waals surface area contributed by atoms with Crippen molar-refractivity contribution in [1.82, 2.24) is 5.32 Å². The average Bonchev–Trinajstić information content (AvgIpc) is 2.80. The van der Waals surface area contributed by atoms with E-state index in [-0.39, 0.29) is 23.4 Å². The Morgan fingerprint density at radius 1 is 1.06 bits per heavy atom. The zero-order valence-corrected chi connectivity index (χ0v) is 17.5. The SMILES string of the molecule is C=CCNC(=O)c1cc2ccc(OC(=O)/C=C/c3ccc(OC)c(OC)c3)cc2oc1=O. The number of hydrogen-bond donors (Lipinski definition) is 1. The van der Waals surface area contributed by atoms with E-state index in [4.69, 9.17) is 18.6 Å². The molecule has 164 valence electrons. The Bertz CT molecular complexity index is 1260. The predicted octanol–water partition coefficient (Wildman–Crippen LogP) is 3.34. The van der Waals surface area contributed by atoms with Gasteiger partial charge in [-0.05, 0) is 42.0 Å². The monoisotopic (exact) mass is 435 g/mol. The molecule has 0 aliphatic rings. The summed E-state index contributed by atoms with van der Waals surface area (Å²) < 4.78 is 20.9. The molecule has 3 aromatic rings. The van der Waals surface area contributed by atoms with Crippen molar-refractivity contribution in [2.45, 2.75) is 0 Å². The molecule has 1 heterocycles. The Morgan fingerprint density at radius 2 is 1.84 bits per heavy atom. The number of ether oxygens (including phenoxy) is 3. The standard InChI is InChI=1S/C24H21NO7/c1-4-11-25-23(27)18-13-16-7-8-17(14-20(16)32-24(18)28)31-22(26)10-6-15-5-9-19(29-2)21(12-15)30-3/h4-10,12-14H,1,11H2,2-3H3,(H,25,27)/b10-6+. The van der Waals surface area contributed by atoms with Crippen LogP contribution in [0.2, 0.25) is 0 Å². The van der Waals surface area contributed by atoms with Crippen LogP contribution in [0.4, 0.5) is 0 Å². The number of hydrogen-bond acceptors (Lipinski definition) is 7. The average molecular weight is 435 g/mol. The van der Waals surface area contributed by atoms with E-state index < -0.39 is 17.5 Å². The summed E-state index contributed by atoms with van der Waals surface area (Å²) in [7, 11) is 3.06. The fourth-order valence-electron chi connectivity index (χ4n) is 2.84. The fraction of sp³-hybridized carbons (Fsp3) is 0.125. The van der Waals surface area contributed by atoms with Gasteiger partial charge in [-0.15, -0.1) is 6.58 Å². The minimum absolute atomic E-state index is 0.123. The maximum absolute atomic E-state index is 12.2. The summed E-state index contributed by atoms with van der Waals surface area (Å²) in [4.78, 5) is 36.4. The number of rotatable bonds is 8. The van der Waals surface area contributed by atoms with Gasteiger partial charge in [-0.3, -0.25) is 4.79 Å². The third-order valence-corrected chi connectivity index (χ3v) is 4.40. The minimum atomic E-state index is -0.795. The van der Waals surface area contributed by atoms with Crippen molar-refractivity contribution in [2.75, 3.05) is 20.8 Å². The first kappa shape index (κ1) is 22.4. The van der Waals surface area contributed by atoms with Crippen LogP contribution in [0.5, 0.6) is 17.2 Å². The van der Waals surface area contributed by atoms with Crippen LogP contribution in [0, 0.1) is 0 Å². The van der Waals surface area contributed by atoms with Gasteiger partial charge in [0.05, 0.1) is 14.2 Å². The van der Waals surface area contributed by atoms with Gasteiger partial charge in [-0.1, -0.05) is 12.1 Å². The number of methoxy groups -OCH3 is 2. The molecule has 0 unspecified atom stereocenters.